The van der Waals surface area contributed by atoms with E-state index in [1.54, 1.807) is 19.1 Å². The maximum atomic E-state index is 13.4. The Kier molecular flexibility index (Phi) is 4.91. The maximum Gasteiger partial charge on any atom is 0.148 e. The predicted octanol–water partition coefficient (Wildman–Crippen LogP) is 2.00. The fraction of sp³-hybridized carbons (Fsp3) is 0.455. The van der Waals surface area contributed by atoms with Gasteiger partial charge in [-0.3, -0.25) is 0 Å². The molecule has 0 saturated carbocycles. The molecule has 3 nitrogen and oxygen atoms in total. The van der Waals surface area contributed by atoms with Gasteiger partial charge in [-0.2, -0.15) is 0 Å². The Hall–Kier alpha value is -0.650. The smallest absolute Gasteiger partial charge is 0.148 e. The lowest BCUT2D eigenvalue weighted by molar-refractivity contribution is 0.542. The van der Waals surface area contributed by atoms with E-state index in [1.807, 2.05) is 0 Å². The van der Waals surface area contributed by atoms with Crippen molar-refractivity contribution >= 4 is 21.4 Å². The van der Waals surface area contributed by atoms with Gasteiger partial charge < -0.3 is 5.32 Å². The second-order valence-electron chi connectivity index (χ2n) is 4.11. The van der Waals surface area contributed by atoms with Crippen LogP contribution in [0.4, 0.5) is 4.39 Å². The molecule has 1 atom stereocenters. The number of hydrogen-bond donors (Lipinski definition) is 1. The molecule has 0 bridgehead atoms. The van der Waals surface area contributed by atoms with E-state index in [4.69, 9.17) is 11.6 Å². The maximum absolute atomic E-state index is 13.4. The Morgan fingerprint density at radius 2 is 2.12 bits per heavy atom. The van der Waals surface area contributed by atoms with Crippen molar-refractivity contribution in [1.29, 1.82) is 0 Å². The second-order valence-corrected chi connectivity index (χ2v) is 6.73. The highest BCUT2D eigenvalue weighted by Gasteiger charge is 2.11. The largest absolute Gasteiger partial charge is 0.309 e. The molecule has 17 heavy (non-hydrogen) atoms. The van der Waals surface area contributed by atoms with E-state index in [0.29, 0.717) is 10.6 Å². The van der Waals surface area contributed by atoms with Gasteiger partial charge in [-0.15, -0.1) is 0 Å². The van der Waals surface area contributed by atoms with E-state index in [1.165, 1.54) is 12.3 Å². The standard InChI is InChI=1S/C11H15ClFNO2S/c1-8(7-17(2,15)16)14-6-9-3-4-10(12)5-11(9)13/h3-5,8,14H,6-7H2,1-2H3. The number of nitrogens with one attached hydrogen (secondary N) is 1. The number of halogens is 2. The quantitative estimate of drug-likeness (QED) is 0.897. The van der Waals surface area contributed by atoms with Crippen LogP contribution in [0.2, 0.25) is 5.02 Å². The van der Waals surface area contributed by atoms with E-state index >= 15 is 0 Å². The Bertz CT molecular complexity index is 490. The molecule has 0 fully saturated rings. The van der Waals surface area contributed by atoms with Gasteiger partial charge in [-0.25, -0.2) is 12.8 Å². The zero-order chi connectivity index (χ0) is 13.1. The minimum Gasteiger partial charge on any atom is -0.309 e. The lowest BCUT2D eigenvalue weighted by Gasteiger charge is -2.13. The molecule has 96 valence electrons. The van der Waals surface area contributed by atoms with Crippen molar-refractivity contribution in [3.63, 3.8) is 0 Å². The van der Waals surface area contributed by atoms with Crippen LogP contribution in [0.3, 0.4) is 0 Å². The zero-order valence-electron chi connectivity index (χ0n) is 9.70. The molecule has 0 aliphatic carbocycles. The summed E-state index contributed by atoms with van der Waals surface area (Å²) in [5.41, 5.74) is 0.467. The van der Waals surface area contributed by atoms with Crippen LogP contribution in [-0.4, -0.2) is 26.5 Å². The normalized spacial score (nSPS) is 13.6. The second kappa shape index (κ2) is 5.80. The molecular weight excluding hydrogens is 265 g/mol. The van der Waals surface area contributed by atoms with E-state index in [-0.39, 0.29) is 18.3 Å². The summed E-state index contributed by atoms with van der Waals surface area (Å²) in [5, 5.41) is 3.30. The van der Waals surface area contributed by atoms with Crippen molar-refractivity contribution in [2.75, 3.05) is 12.0 Å². The Labute approximate surface area is 106 Å². The highest BCUT2D eigenvalue weighted by molar-refractivity contribution is 7.90. The third-order valence-corrected chi connectivity index (χ3v) is 3.55. The molecule has 1 N–H and O–H groups in total. The lowest BCUT2D eigenvalue weighted by atomic mass is 10.2. The molecule has 0 spiro atoms. The number of hydrogen-bond acceptors (Lipinski definition) is 3. The molecule has 0 aliphatic heterocycles. The molecule has 1 aromatic carbocycles. The molecule has 0 heterocycles. The molecule has 0 aromatic heterocycles. The van der Waals surface area contributed by atoms with E-state index < -0.39 is 15.7 Å². The minimum atomic E-state index is -3.02. The molecule has 1 aromatic rings. The monoisotopic (exact) mass is 279 g/mol. The Balaban J connectivity index is 2.56. The van der Waals surface area contributed by atoms with Crippen molar-refractivity contribution < 1.29 is 12.8 Å². The van der Waals surface area contributed by atoms with Crippen LogP contribution >= 0.6 is 11.6 Å². The van der Waals surface area contributed by atoms with Gasteiger partial charge in [-0.1, -0.05) is 17.7 Å². The number of benzene rings is 1. The third-order valence-electron chi connectivity index (χ3n) is 2.21. The van der Waals surface area contributed by atoms with Crippen molar-refractivity contribution in [1.82, 2.24) is 5.32 Å². The van der Waals surface area contributed by atoms with Gasteiger partial charge in [0.05, 0.1) is 5.75 Å². The highest BCUT2D eigenvalue weighted by Crippen LogP contribution is 2.14. The molecule has 0 saturated heterocycles. The van der Waals surface area contributed by atoms with Gasteiger partial charge in [0.15, 0.2) is 0 Å². The fourth-order valence-corrected chi connectivity index (χ4v) is 2.65. The summed E-state index contributed by atoms with van der Waals surface area (Å²) >= 11 is 5.63. The first kappa shape index (κ1) is 14.4. The summed E-state index contributed by atoms with van der Waals surface area (Å²) in [4.78, 5) is 0. The summed E-state index contributed by atoms with van der Waals surface area (Å²) in [6.45, 7) is 2.02. The van der Waals surface area contributed by atoms with Crippen LogP contribution in [0.25, 0.3) is 0 Å². The van der Waals surface area contributed by atoms with Crippen LogP contribution in [0, 0.1) is 5.82 Å². The van der Waals surface area contributed by atoms with E-state index in [2.05, 4.69) is 5.32 Å². The van der Waals surface area contributed by atoms with Gasteiger partial charge in [0, 0.05) is 29.4 Å². The van der Waals surface area contributed by atoms with Gasteiger partial charge in [0.2, 0.25) is 0 Å². The molecule has 0 radical (unpaired) electrons. The SMILES string of the molecule is CC(CS(C)(=O)=O)NCc1ccc(Cl)cc1F. The average Bonchev–Trinajstić information content (AvgIpc) is 2.13. The van der Waals surface area contributed by atoms with E-state index in [0.717, 1.165) is 0 Å². The number of sulfone groups is 1. The van der Waals surface area contributed by atoms with Crippen LogP contribution < -0.4 is 5.32 Å². The molecule has 0 amide bonds. The first-order valence-corrected chi connectivity index (χ1v) is 7.57. The summed E-state index contributed by atoms with van der Waals surface area (Å²) in [5.74, 6) is -0.362. The van der Waals surface area contributed by atoms with Crippen molar-refractivity contribution in [3.05, 3.63) is 34.6 Å². The summed E-state index contributed by atoms with van der Waals surface area (Å²) in [7, 11) is -3.02. The van der Waals surface area contributed by atoms with Crippen molar-refractivity contribution in [2.24, 2.45) is 0 Å². The summed E-state index contributed by atoms with van der Waals surface area (Å²) in [6.07, 6.45) is 1.17. The highest BCUT2D eigenvalue weighted by atomic mass is 35.5. The fourth-order valence-electron chi connectivity index (χ4n) is 1.46. The van der Waals surface area contributed by atoms with Gasteiger partial charge in [0.25, 0.3) is 0 Å². The zero-order valence-corrected chi connectivity index (χ0v) is 11.3. The van der Waals surface area contributed by atoms with Crippen LogP contribution in [0.1, 0.15) is 12.5 Å². The molecular formula is C11H15ClFNO2S. The average molecular weight is 280 g/mol. The molecule has 0 aliphatic rings. The van der Waals surface area contributed by atoms with Crippen LogP contribution in [0.5, 0.6) is 0 Å². The Morgan fingerprint density at radius 3 is 2.65 bits per heavy atom. The third kappa shape index (κ3) is 5.48. The molecule has 6 heteroatoms. The first-order chi connectivity index (χ1) is 7.78. The predicted molar refractivity (Wildman–Crippen MR) is 67.4 cm³/mol. The van der Waals surface area contributed by atoms with Crippen molar-refractivity contribution in [2.45, 2.75) is 19.5 Å². The van der Waals surface area contributed by atoms with Gasteiger partial charge in [-0.05, 0) is 19.1 Å². The number of rotatable bonds is 5. The summed E-state index contributed by atoms with van der Waals surface area (Å²) < 4.78 is 35.5. The van der Waals surface area contributed by atoms with Gasteiger partial charge in [0.1, 0.15) is 15.7 Å². The van der Waals surface area contributed by atoms with Gasteiger partial charge >= 0.3 is 0 Å². The molecule has 1 unspecified atom stereocenters. The summed E-state index contributed by atoms with van der Waals surface area (Å²) in [6, 6.07) is 4.20. The van der Waals surface area contributed by atoms with Crippen molar-refractivity contribution in [3.8, 4) is 0 Å². The minimum absolute atomic E-state index is 0.0300. The lowest BCUT2D eigenvalue weighted by Crippen LogP contribution is -2.32. The van der Waals surface area contributed by atoms with Crippen LogP contribution in [0.15, 0.2) is 18.2 Å². The van der Waals surface area contributed by atoms with Crippen LogP contribution in [-0.2, 0) is 16.4 Å². The Morgan fingerprint density at radius 1 is 1.47 bits per heavy atom. The topological polar surface area (TPSA) is 46.2 Å². The van der Waals surface area contributed by atoms with E-state index in [9.17, 15) is 12.8 Å². The molecule has 1 rings (SSSR count). The first-order valence-electron chi connectivity index (χ1n) is 5.13.